The number of thiocarbonyl (C=S) groups is 1. The summed E-state index contributed by atoms with van der Waals surface area (Å²) in [5.41, 5.74) is 3.66. The summed E-state index contributed by atoms with van der Waals surface area (Å²) in [6.07, 6.45) is 1.06. The van der Waals surface area contributed by atoms with Crippen LogP contribution < -0.4 is 10.9 Å². The fourth-order valence-electron chi connectivity index (χ4n) is 5.00. The summed E-state index contributed by atoms with van der Waals surface area (Å²) in [4.78, 5) is 28.0. The third-order valence-corrected chi connectivity index (χ3v) is 8.87. The molecule has 1 fully saturated rings. The molecule has 2 aliphatic rings. The van der Waals surface area contributed by atoms with E-state index < -0.39 is 5.25 Å². The Balaban J connectivity index is 1.35. The molecule has 1 saturated heterocycles. The standard InChI is InChI=1S/C27H26ClN3O2S2/c1-17-10-11-21(13-22(17)28)29-26(33)25(19-6-3-2-4-7-19)35-27(34)30-14-18-12-20(16-30)23-8-5-9-24(32)31(23)15-18/h2-11,13,18,20,25H,12,14-16H2,1H3,(H,29,33)/t18-,20+,25-/m1/s1. The fourth-order valence-corrected chi connectivity index (χ4v) is 6.58. The highest BCUT2D eigenvalue weighted by atomic mass is 35.5. The number of carbonyl (C=O) groups excluding carboxylic acids is 1. The molecule has 0 aliphatic carbocycles. The van der Waals surface area contributed by atoms with Gasteiger partial charge < -0.3 is 14.8 Å². The van der Waals surface area contributed by atoms with Crippen molar-refractivity contribution in [2.75, 3.05) is 18.4 Å². The van der Waals surface area contributed by atoms with Gasteiger partial charge in [0.1, 0.15) is 9.57 Å². The lowest BCUT2D eigenvalue weighted by molar-refractivity contribution is -0.115. The molecule has 3 aromatic rings. The number of halogens is 1. The second-order valence-electron chi connectivity index (χ2n) is 9.23. The molecule has 1 N–H and O–H groups in total. The van der Waals surface area contributed by atoms with E-state index in [1.54, 1.807) is 12.1 Å². The Bertz CT molecular complexity index is 1330. The first-order chi connectivity index (χ1) is 16.9. The third kappa shape index (κ3) is 5.17. The molecule has 0 radical (unpaired) electrons. The van der Waals surface area contributed by atoms with Crippen LogP contribution in [0.1, 0.15) is 34.4 Å². The van der Waals surface area contributed by atoms with Crippen LogP contribution in [0, 0.1) is 12.8 Å². The van der Waals surface area contributed by atoms with Gasteiger partial charge in [0.25, 0.3) is 5.56 Å². The Morgan fingerprint density at radius 2 is 1.89 bits per heavy atom. The summed E-state index contributed by atoms with van der Waals surface area (Å²) in [6, 6.07) is 20.8. The molecule has 180 valence electrons. The maximum atomic E-state index is 13.4. The number of likely N-dealkylation sites (tertiary alicyclic amines) is 1. The molecule has 2 aromatic carbocycles. The zero-order chi connectivity index (χ0) is 24.5. The lowest BCUT2D eigenvalue weighted by Gasteiger charge is -2.43. The molecular formula is C27H26ClN3O2S2. The van der Waals surface area contributed by atoms with Gasteiger partial charge in [0, 0.05) is 48.0 Å². The van der Waals surface area contributed by atoms with Crippen LogP contribution in [0.4, 0.5) is 5.69 Å². The first kappa shape index (κ1) is 24.1. The second kappa shape index (κ2) is 10.2. The number of thioether (sulfide) groups is 1. The summed E-state index contributed by atoms with van der Waals surface area (Å²) >= 11 is 13.6. The number of nitrogens with one attached hydrogen (secondary N) is 1. The molecule has 2 bridgehead atoms. The van der Waals surface area contributed by atoms with Gasteiger partial charge in [-0.05, 0) is 48.6 Å². The van der Waals surface area contributed by atoms with E-state index in [1.807, 2.05) is 60.0 Å². The Morgan fingerprint density at radius 1 is 1.09 bits per heavy atom. The van der Waals surface area contributed by atoms with Gasteiger partial charge in [-0.15, -0.1) is 0 Å². The Kier molecular flexibility index (Phi) is 7.00. The van der Waals surface area contributed by atoms with Gasteiger partial charge in [-0.1, -0.05) is 78.0 Å². The van der Waals surface area contributed by atoms with E-state index in [2.05, 4.69) is 16.3 Å². The van der Waals surface area contributed by atoms with Crippen molar-refractivity contribution >= 4 is 51.5 Å². The van der Waals surface area contributed by atoms with Crippen LogP contribution in [0.15, 0.2) is 71.5 Å². The third-order valence-electron chi connectivity index (χ3n) is 6.74. The number of fused-ring (bicyclic) bond motifs is 4. The predicted molar refractivity (Wildman–Crippen MR) is 147 cm³/mol. The van der Waals surface area contributed by atoms with E-state index in [9.17, 15) is 9.59 Å². The number of aryl methyl sites for hydroxylation is 1. The molecule has 35 heavy (non-hydrogen) atoms. The number of anilines is 1. The number of aromatic nitrogens is 1. The van der Waals surface area contributed by atoms with Crippen molar-refractivity contribution in [3.8, 4) is 0 Å². The molecule has 1 aromatic heterocycles. The maximum absolute atomic E-state index is 13.4. The zero-order valence-corrected chi connectivity index (χ0v) is 21.7. The molecule has 2 aliphatic heterocycles. The number of amides is 1. The molecule has 0 spiro atoms. The van der Waals surface area contributed by atoms with Crippen molar-refractivity contribution in [1.29, 1.82) is 0 Å². The van der Waals surface area contributed by atoms with Crippen LogP contribution in [-0.4, -0.2) is 32.8 Å². The average Bonchev–Trinajstić information content (AvgIpc) is 2.85. The molecule has 3 heterocycles. The van der Waals surface area contributed by atoms with Crippen molar-refractivity contribution in [2.24, 2.45) is 5.92 Å². The topological polar surface area (TPSA) is 54.3 Å². The molecule has 0 saturated carbocycles. The van der Waals surface area contributed by atoms with Crippen LogP contribution in [0.2, 0.25) is 5.02 Å². The number of nitrogens with zero attached hydrogens (tertiary/aromatic N) is 2. The molecular weight excluding hydrogens is 498 g/mol. The molecule has 1 amide bonds. The van der Waals surface area contributed by atoms with E-state index in [4.69, 9.17) is 23.8 Å². The zero-order valence-electron chi connectivity index (χ0n) is 19.3. The van der Waals surface area contributed by atoms with Crippen molar-refractivity contribution in [3.63, 3.8) is 0 Å². The Morgan fingerprint density at radius 3 is 2.66 bits per heavy atom. The minimum Gasteiger partial charge on any atom is -0.356 e. The van der Waals surface area contributed by atoms with Gasteiger partial charge >= 0.3 is 0 Å². The van der Waals surface area contributed by atoms with Gasteiger partial charge in [-0.25, -0.2) is 0 Å². The summed E-state index contributed by atoms with van der Waals surface area (Å²) in [7, 11) is 0. The van der Waals surface area contributed by atoms with E-state index in [-0.39, 0.29) is 17.4 Å². The second-order valence-corrected chi connectivity index (χ2v) is 11.4. The largest absolute Gasteiger partial charge is 0.356 e. The van der Waals surface area contributed by atoms with Crippen LogP contribution >= 0.6 is 35.6 Å². The van der Waals surface area contributed by atoms with Crippen LogP contribution in [-0.2, 0) is 11.3 Å². The first-order valence-corrected chi connectivity index (χ1v) is 13.3. The molecule has 8 heteroatoms. The van der Waals surface area contributed by atoms with Gasteiger partial charge in [0.05, 0.1) is 0 Å². The first-order valence-electron chi connectivity index (χ1n) is 11.7. The normalized spacial score (nSPS) is 19.5. The van der Waals surface area contributed by atoms with E-state index >= 15 is 0 Å². The van der Waals surface area contributed by atoms with Crippen molar-refractivity contribution < 1.29 is 4.79 Å². The minimum atomic E-state index is -0.500. The molecule has 0 unspecified atom stereocenters. The summed E-state index contributed by atoms with van der Waals surface area (Å²) < 4.78 is 2.62. The van der Waals surface area contributed by atoms with Gasteiger partial charge in [-0.2, -0.15) is 0 Å². The Labute approximate surface area is 219 Å². The van der Waals surface area contributed by atoms with Gasteiger partial charge in [0.2, 0.25) is 5.91 Å². The van der Waals surface area contributed by atoms with Crippen LogP contribution in [0.25, 0.3) is 0 Å². The lowest BCUT2D eigenvalue weighted by atomic mass is 9.83. The SMILES string of the molecule is Cc1ccc(NC(=O)[C@H](SC(=S)N2C[C@H]3C[C@@H](C2)c2cccc(=O)n2C3)c2ccccc2)cc1Cl. The highest BCUT2D eigenvalue weighted by Gasteiger charge is 2.36. The highest BCUT2D eigenvalue weighted by Crippen LogP contribution is 2.39. The van der Waals surface area contributed by atoms with Crippen LogP contribution in [0.3, 0.4) is 0 Å². The number of piperidine rings is 1. The number of benzene rings is 2. The van der Waals surface area contributed by atoms with E-state index in [0.29, 0.717) is 27.5 Å². The molecule has 5 nitrogen and oxygen atoms in total. The smallest absolute Gasteiger partial charge is 0.250 e. The maximum Gasteiger partial charge on any atom is 0.250 e. The number of hydrogen-bond acceptors (Lipinski definition) is 4. The van der Waals surface area contributed by atoms with E-state index in [0.717, 1.165) is 36.3 Å². The number of pyridine rings is 1. The van der Waals surface area contributed by atoms with Gasteiger partial charge in [-0.3, -0.25) is 9.59 Å². The van der Waals surface area contributed by atoms with Crippen LogP contribution in [0.5, 0.6) is 0 Å². The summed E-state index contributed by atoms with van der Waals surface area (Å²) in [6.45, 7) is 4.19. The summed E-state index contributed by atoms with van der Waals surface area (Å²) in [5, 5.41) is 3.13. The Hall–Kier alpha value is -2.61. The quantitative estimate of drug-likeness (QED) is 0.449. The predicted octanol–water partition coefficient (Wildman–Crippen LogP) is 5.63. The van der Waals surface area contributed by atoms with Crippen molar-refractivity contribution in [1.82, 2.24) is 9.47 Å². The number of carbonyl (C=O) groups is 1. The number of hydrogen-bond donors (Lipinski definition) is 1. The summed E-state index contributed by atoms with van der Waals surface area (Å²) in [5.74, 6) is 0.477. The monoisotopic (exact) mass is 523 g/mol. The van der Waals surface area contributed by atoms with E-state index in [1.165, 1.54) is 11.8 Å². The number of rotatable bonds is 4. The highest BCUT2D eigenvalue weighted by molar-refractivity contribution is 8.23. The lowest BCUT2D eigenvalue weighted by Crippen LogP contribution is -2.48. The molecule has 3 atom stereocenters. The molecule has 5 rings (SSSR count). The average molecular weight is 524 g/mol. The van der Waals surface area contributed by atoms with Crippen molar-refractivity contribution in [3.05, 3.63) is 98.9 Å². The van der Waals surface area contributed by atoms with Gasteiger partial charge in [0.15, 0.2) is 0 Å². The fraction of sp³-hybridized carbons (Fsp3) is 0.296. The minimum absolute atomic E-state index is 0.0691. The van der Waals surface area contributed by atoms with Crippen molar-refractivity contribution in [2.45, 2.75) is 31.1 Å².